The van der Waals surface area contributed by atoms with E-state index in [4.69, 9.17) is 14.5 Å². The second-order valence-electron chi connectivity index (χ2n) is 7.27. The molecule has 0 aromatic heterocycles. The van der Waals surface area contributed by atoms with Crippen molar-refractivity contribution in [2.24, 2.45) is 11.8 Å². The number of methoxy groups -OCH3 is 1. The van der Waals surface area contributed by atoms with Gasteiger partial charge in [0.25, 0.3) is 5.79 Å². The molecule has 0 N–H and O–H groups in total. The normalized spacial score (nSPS) is 40.2. The van der Waals surface area contributed by atoms with Crippen LogP contribution in [-0.2, 0) is 20.3 Å². The van der Waals surface area contributed by atoms with Gasteiger partial charge in [-0.3, -0.25) is 0 Å². The minimum absolute atomic E-state index is 0.0134. The van der Waals surface area contributed by atoms with Crippen LogP contribution in [0.25, 0.3) is 0 Å². The number of hydrogen-bond acceptors (Lipinski definition) is 4. The summed E-state index contributed by atoms with van der Waals surface area (Å²) in [4.78, 5) is 11.6. The molecule has 0 radical (unpaired) electrons. The summed E-state index contributed by atoms with van der Waals surface area (Å²) in [6.45, 7) is 0. The molecule has 3 fully saturated rings. The Hall–Kier alpha value is -1.10. The summed E-state index contributed by atoms with van der Waals surface area (Å²) < 4.78 is 5.95. The Labute approximate surface area is 137 Å². The van der Waals surface area contributed by atoms with Crippen molar-refractivity contribution >= 4 is 0 Å². The van der Waals surface area contributed by atoms with Gasteiger partial charge in [-0.1, -0.05) is 49.9 Å². The zero-order chi connectivity index (χ0) is 15.9. The number of ether oxygens (including phenoxy) is 1. The SMILES string of the molecule is COC1(c2cccc([O-])c2)OOC12C1CCCCCC2CCC1. The summed E-state index contributed by atoms with van der Waals surface area (Å²) in [6.07, 6.45) is 9.66. The molecular weight excluding hydrogens is 292 g/mol. The summed E-state index contributed by atoms with van der Waals surface area (Å²) in [5, 5.41) is 11.9. The van der Waals surface area contributed by atoms with Gasteiger partial charge in [-0.2, -0.15) is 4.89 Å². The molecular formula is C19H25O4-. The zero-order valence-electron chi connectivity index (χ0n) is 13.8. The maximum absolute atomic E-state index is 11.9. The van der Waals surface area contributed by atoms with E-state index in [2.05, 4.69) is 0 Å². The van der Waals surface area contributed by atoms with E-state index >= 15 is 0 Å². The average molecular weight is 317 g/mol. The number of benzene rings is 1. The smallest absolute Gasteiger partial charge is 0.260 e. The van der Waals surface area contributed by atoms with Gasteiger partial charge < -0.3 is 9.84 Å². The van der Waals surface area contributed by atoms with Crippen molar-refractivity contribution in [1.29, 1.82) is 0 Å². The van der Waals surface area contributed by atoms with E-state index in [0.29, 0.717) is 11.8 Å². The summed E-state index contributed by atoms with van der Waals surface area (Å²) in [7, 11) is 1.68. The molecule has 23 heavy (non-hydrogen) atoms. The molecule has 3 aliphatic rings. The molecule has 2 aliphatic carbocycles. The quantitative estimate of drug-likeness (QED) is 0.781. The molecule has 1 saturated heterocycles. The molecule has 4 rings (SSSR count). The molecule has 4 heteroatoms. The van der Waals surface area contributed by atoms with Crippen molar-refractivity contribution in [3.05, 3.63) is 29.8 Å². The lowest BCUT2D eigenvalue weighted by Gasteiger charge is -2.63. The first-order valence-electron chi connectivity index (χ1n) is 8.92. The predicted octanol–water partition coefficient (Wildman–Crippen LogP) is 3.64. The van der Waals surface area contributed by atoms with Crippen molar-refractivity contribution in [2.75, 3.05) is 7.11 Å². The van der Waals surface area contributed by atoms with E-state index in [0.717, 1.165) is 31.2 Å². The van der Waals surface area contributed by atoms with Gasteiger partial charge in [0.15, 0.2) is 5.60 Å². The van der Waals surface area contributed by atoms with Crippen LogP contribution < -0.4 is 5.11 Å². The third-order valence-electron chi connectivity index (χ3n) is 6.24. The number of rotatable bonds is 2. The van der Waals surface area contributed by atoms with Crippen molar-refractivity contribution in [2.45, 2.75) is 62.8 Å². The van der Waals surface area contributed by atoms with E-state index in [1.807, 2.05) is 6.07 Å². The molecule has 3 atom stereocenters. The highest BCUT2D eigenvalue weighted by molar-refractivity contribution is 5.34. The molecule has 0 amide bonds. The highest BCUT2D eigenvalue weighted by atomic mass is 17.3. The van der Waals surface area contributed by atoms with Crippen LogP contribution in [0.5, 0.6) is 5.75 Å². The van der Waals surface area contributed by atoms with Crippen LogP contribution in [-0.4, -0.2) is 12.7 Å². The highest BCUT2D eigenvalue weighted by Gasteiger charge is 2.73. The molecule has 1 aromatic rings. The highest BCUT2D eigenvalue weighted by Crippen LogP contribution is 2.63. The molecule has 1 heterocycles. The topological polar surface area (TPSA) is 50.8 Å². The molecule has 2 saturated carbocycles. The Kier molecular flexibility index (Phi) is 3.87. The molecule has 4 nitrogen and oxygen atoms in total. The summed E-state index contributed by atoms with van der Waals surface area (Å²) in [6, 6.07) is 6.93. The fourth-order valence-electron chi connectivity index (χ4n) is 5.22. The van der Waals surface area contributed by atoms with E-state index in [9.17, 15) is 5.11 Å². The Bertz CT molecular complexity index is 554. The Morgan fingerprint density at radius 3 is 2.26 bits per heavy atom. The van der Waals surface area contributed by atoms with Crippen LogP contribution in [0.4, 0.5) is 0 Å². The average Bonchev–Trinajstić information content (AvgIpc) is 2.54. The Balaban J connectivity index is 1.81. The van der Waals surface area contributed by atoms with E-state index in [1.54, 1.807) is 25.3 Å². The second-order valence-corrected chi connectivity index (χ2v) is 7.27. The number of hydrogen-bond donors (Lipinski definition) is 0. The van der Waals surface area contributed by atoms with E-state index < -0.39 is 11.4 Å². The van der Waals surface area contributed by atoms with E-state index in [1.165, 1.54) is 25.7 Å². The third kappa shape index (κ3) is 2.08. The van der Waals surface area contributed by atoms with Crippen LogP contribution in [0.3, 0.4) is 0 Å². The maximum Gasteiger partial charge on any atom is 0.260 e. The fraction of sp³-hybridized carbons (Fsp3) is 0.684. The maximum atomic E-state index is 11.9. The van der Waals surface area contributed by atoms with Crippen molar-refractivity contribution < 1.29 is 19.6 Å². The lowest BCUT2D eigenvalue weighted by molar-refractivity contribution is -0.640. The van der Waals surface area contributed by atoms with Gasteiger partial charge in [-0.05, 0) is 37.5 Å². The first-order chi connectivity index (χ1) is 11.2. The van der Waals surface area contributed by atoms with Gasteiger partial charge in [0, 0.05) is 12.7 Å². The third-order valence-corrected chi connectivity index (χ3v) is 6.24. The summed E-state index contributed by atoms with van der Waals surface area (Å²) >= 11 is 0. The van der Waals surface area contributed by atoms with Crippen molar-refractivity contribution in [1.82, 2.24) is 0 Å². The lowest BCUT2D eigenvalue weighted by atomic mass is 9.58. The van der Waals surface area contributed by atoms with Crippen LogP contribution in [0.2, 0.25) is 0 Å². The minimum Gasteiger partial charge on any atom is -0.872 e. The first kappa shape index (κ1) is 15.4. The molecule has 1 aliphatic heterocycles. The second kappa shape index (κ2) is 5.76. The molecule has 3 unspecified atom stereocenters. The van der Waals surface area contributed by atoms with Gasteiger partial charge >= 0.3 is 0 Å². The Morgan fingerprint density at radius 1 is 1.00 bits per heavy atom. The van der Waals surface area contributed by atoms with Gasteiger partial charge in [-0.15, -0.1) is 5.75 Å². The van der Waals surface area contributed by atoms with Crippen LogP contribution in [0.15, 0.2) is 24.3 Å². The van der Waals surface area contributed by atoms with Gasteiger partial charge in [0.1, 0.15) is 0 Å². The van der Waals surface area contributed by atoms with Gasteiger partial charge in [0.05, 0.1) is 0 Å². The Morgan fingerprint density at radius 2 is 1.70 bits per heavy atom. The van der Waals surface area contributed by atoms with Gasteiger partial charge in [0.2, 0.25) is 0 Å². The predicted molar refractivity (Wildman–Crippen MR) is 83.4 cm³/mol. The molecule has 1 aromatic carbocycles. The molecule has 126 valence electrons. The monoisotopic (exact) mass is 317 g/mol. The lowest BCUT2D eigenvalue weighted by Crippen LogP contribution is -2.73. The zero-order valence-corrected chi connectivity index (χ0v) is 13.8. The minimum atomic E-state index is -0.930. The van der Waals surface area contributed by atoms with Crippen LogP contribution in [0.1, 0.15) is 56.9 Å². The fourth-order valence-corrected chi connectivity index (χ4v) is 5.22. The van der Waals surface area contributed by atoms with Crippen LogP contribution >= 0.6 is 0 Å². The molecule has 1 spiro atoms. The van der Waals surface area contributed by atoms with E-state index in [-0.39, 0.29) is 5.75 Å². The van der Waals surface area contributed by atoms with Gasteiger partial charge in [-0.25, -0.2) is 4.89 Å². The standard InChI is InChI=1S/C19H26O4/c1-21-19(16-11-6-12-17(20)13-16)18(22-23-19)14-7-3-2-4-8-15(18)10-5-9-14/h6,11-15,20H,2-5,7-10H2,1H3/p-1. The summed E-state index contributed by atoms with van der Waals surface area (Å²) in [5.74, 6) is -0.0720. The van der Waals surface area contributed by atoms with Crippen LogP contribution in [0, 0.1) is 11.8 Å². The molecule has 2 bridgehead atoms. The summed E-state index contributed by atoms with van der Waals surface area (Å²) in [5.41, 5.74) is 0.366. The largest absolute Gasteiger partial charge is 0.872 e. The van der Waals surface area contributed by atoms with Crippen molar-refractivity contribution in [3.8, 4) is 5.75 Å². The van der Waals surface area contributed by atoms with Crippen molar-refractivity contribution in [3.63, 3.8) is 0 Å². The first-order valence-corrected chi connectivity index (χ1v) is 8.92.